The zero-order valence-corrected chi connectivity index (χ0v) is 4.76. The number of aryl methyl sites for hydroxylation is 1. The molecule has 0 fully saturated rings. The highest BCUT2D eigenvalue weighted by Gasteiger charge is 1.87. The van der Waals surface area contributed by atoms with Crippen molar-refractivity contribution in [1.82, 2.24) is 4.57 Å². The van der Waals surface area contributed by atoms with Crippen LogP contribution in [0.3, 0.4) is 0 Å². The van der Waals surface area contributed by atoms with Gasteiger partial charge in [0.05, 0.1) is 0 Å². The molecule has 0 amide bonds. The van der Waals surface area contributed by atoms with Crippen LogP contribution in [0, 0.1) is 0 Å². The van der Waals surface area contributed by atoms with Crippen molar-refractivity contribution in [3.63, 3.8) is 0 Å². The molecule has 3 N–H and O–H groups in total. The fourth-order valence-electron chi connectivity index (χ4n) is 0.611. The lowest BCUT2D eigenvalue weighted by Gasteiger charge is -1.97. The van der Waals surface area contributed by atoms with E-state index in [2.05, 4.69) is 5.43 Å². The number of anilines is 1. The fraction of sp³-hybridized carbons (Fsp3) is 0.200. The van der Waals surface area contributed by atoms with Gasteiger partial charge >= 0.3 is 0 Å². The minimum absolute atomic E-state index is 0.921. The van der Waals surface area contributed by atoms with Gasteiger partial charge in [0.25, 0.3) is 0 Å². The molecule has 44 valence electrons. The Balaban J connectivity index is 2.92. The molecule has 0 unspecified atom stereocenters. The van der Waals surface area contributed by atoms with Gasteiger partial charge in [0.15, 0.2) is 0 Å². The van der Waals surface area contributed by atoms with Gasteiger partial charge in [-0.3, -0.25) is 0 Å². The Labute approximate surface area is 48.1 Å². The molecule has 8 heavy (non-hydrogen) atoms. The van der Waals surface area contributed by atoms with E-state index in [1.807, 2.05) is 29.9 Å². The summed E-state index contributed by atoms with van der Waals surface area (Å²) in [5.74, 6) is 6.05. The van der Waals surface area contributed by atoms with Crippen LogP contribution in [-0.4, -0.2) is 4.57 Å². The quantitative estimate of drug-likeness (QED) is 0.404. The third-order valence-corrected chi connectivity index (χ3v) is 1.09. The van der Waals surface area contributed by atoms with Crippen molar-refractivity contribution in [3.8, 4) is 0 Å². The fourth-order valence-corrected chi connectivity index (χ4v) is 0.611. The predicted octanol–water partition coefficient (Wildman–Crippen LogP) is 0.311. The number of rotatable bonds is 1. The Morgan fingerprint density at radius 2 is 2.50 bits per heavy atom. The lowest BCUT2D eigenvalue weighted by Crippen LogP contribution is -2.09. The van der Waals surface area contributed by atoms with E-state index in [1.165, 1.54) is 0 Å². The van der Waals surface area contributed by atoms with E-state index in [9.17, 15) is 0 Å². The number of aromatic nitrogens is 1. The highest BCUT2D eigenvalue weighted by Crippen LogP contribution is 2.01. The largest absolute Gasteiger partial charge is 0.337 e. The molecule has 0 atom stereocenters. The predicted molar refractivity (Wildman–Crippen MR) is 33.2 cm³/mol. The van der Waals surface area contributed by atoms with E-state index in [0.29, 0.717) is 0 Å². The van der Waals surface area contributed by atoms with Crippen LogP contribution in [0.5, 0.6) is 0 Å². The summed E-state index contributed by atoms with van der Waals surface area (Å²) in [4.78, 5) is 0. The first kappa shape index (κ1) is 5.18. The molecule has 0 aromatic carbocycles. The highest BCUT2D eigenvalue weighted by molar-refractivity contribution is 5.34. The summed E-state index contributed by atoms with van der Waals surface area (Å²) in [7, 11) is 1.93. The highest BCUT2D eigenvalue weighted by atomic mass is 15.3. The van der Waals surface area contributed by atoms with Crippen LogP contribution >= 0.6 is 0 Å². The molecule has 1 aromatic rings. The molecular weight excluding hydrogens is 102 g/mol. The Bertz CT molecular complexity index is 168. The Kier molecular flexibility index (Phi) is 1.22. The van der Waals surface area contributed by atoms with E-state index < -0.39 is 0 Å². The van der Waals surface area contributed by atoms with Crippen LogP contribution in [0.25, 0.3) is 0 Å². The Hall–Kier alpha value is -0.960. The number of nitrogens with zero attached hydrogens (tertiary/aromatic N) is 1. The minimum atomic E-state index is 0.921. The number of nitrogens with two attached hydrogens (primary N) is 1. The molecule has 0 spiro atoms. The average Bonchev–Trinajstić information content (AvgIpc) is 2.14. The van der Waals surface area contributed by atoms with Crippen molar-refractivity contribution in [3.05, 3.63) is 18.3 Å². The molecule has 0 aliphatic carbocycles. The summed E-state index contributed by atoms with van der Waals surface area (Å²) in [6, 6.07) is 3.83. The zero-order valence-electron chi connectivity index (χ0n) is 4.76. The molecule has 1 rings (SSSR count). The maximum absolute atomic E-state index is 5.12. The summed E-state index contributed by atoms with van der Waals surface area (Å²) in [5, 5.41) is 0. The molecular formula is C5H9N3. The second kappa shape index (κ2) is 1.88. The maximum Gasteiger partial charge on any atom is 0.119 e. The van der Waals surface area contributed by atoms with Crippen molar-refractivity contribution >= 4 is 5.82 Å². The standard InChI is InChI=1S/C5H9N3/c1-8-4-2-3-5(8)7-6/h2-4,7H,6H2,1H3. The molecule has 0 saturated carbocycles. The molecule has 0 aliphatic rings. The first-order chi connectivity index (χ1) is 3.84. The van der Waals surface area contributed by atoms with Crippen LogP contribution < -0.4 is 11.3 Å². The van der Waals surface area contributed by atoms with Crippen LogP contribution in [0.15, 0.2) is 18.3 Å². The van der Waals surface area contributed by atoms with Gasteiger partial charge < -0.3 is 9.99 Å². The summed E-state index contributed by atoms with van der Waals surface area (Å²) in [6.07, 6.45) is 1.93. The van der Waals surface area contributed by atoms with Crippen molar-refractivity contribution in [2.45, 2.75) is 0 Å². The number of hydrogen-bond acceptors (Lipinski definition) is 2. The van der Waals surface area contributed by atoms with Gasteiger partial charge in [0, 0.05) is 13.2 Å². The van der Waals surface area contributed by atoms with E-state index in [-0.39, 0.29) is 0 Å². The van der Waals surface area contributed by atoms with Crippen molar-refractivity contribution < 1.29 is 0 Å². The van der Waals surface area contributed by atoms with Crippen LogP contribution in [0.1, 0.15) is 0 Å². The number of nitrogen functional groups attached to an aromatic ring is 1. The van der Waals surface area contributed by atoms with Gasteiger partial charge in [-0.2, -0.15) is 0 Å². The first-order valence-corrected chi connectivity index (χ1v) is 2.42. The normalized spacial score (nSPS) is 9.25. The first-order valence-electron chi connectivity index (χ1n) is 2.42. The van der Waals surface area contributed by atoms with Gasteiger partial charge in [-0.1, -0.05) is 0 Å². The maximum atomic E-state index is 5.12. The summed E-state index contributed by atoms with van der Waals surface area (Å²) in [5.41, 5.74) is 2.54. The van der Waals surface area contributed by atoms with Gasteiger partial charge in [-0.25, -0.2) is 5.84 Å². The SMILES string of the molecule is Cn1cccc1NN. The number of hydrogen-bond donors (Lipinski definition) is 2. The number of nitrogens with one attached hydrogen (secondary N) is 1. The second-order valence-corrected chi connectivity index (χ2v) is 1.65. The van der Waals surface area contributed by atoms with Gasteiger partial charge in [-0.05, 0) is 12.1 Å². The van der Waals surface area contributed by atoms with E-state index in [0.717, 1.165) is 5.82 Å². The van der Waals surface area contributed by atoms with E-state index in [1.54, 1.807) is 0 Å². The van der Waals surface area contributed by atoms with Crippen LogP contribution in [0.2, 0.25) is 0 Å². The van der Waals surface area contributed by atoms with Crippen molar-refractivity contribution in [1.29, 1.82) is 0 Å². The molecule has 3 nitrogen and oxygen atoms in total. The lowest BCUT2D eigenvalue weighted by molar-refractivity contribution is 0.925. The monoisotopic (exact) mass is 111 g/mol. The smallest absolute Gasteiger partial charge is 0.119 e. The van der Waals surface area contributed by atoms with Gasteiger partial charge in [0.1, 0.15) is 5.82 Å². The number of hydrazine groups is 1. The summed E-state index contributed by atoms with van der Waals surface area (Å²) < 4.78 is 1.90. The van der Waals surface area contributed by atoms with Crippen LogP contribution in [0.4, 0.5) is 5.82 Å². The van der Waals surface area contributed by atoms with E-state index in [4.69, 9.17) is 5.84 Å². The Morgan fingerprint density at radius 3 is 2.75 bits per heavy atom. The molecule has 0 aliphatic heterocycles. The molecule has 0 bridgehead atoms. The molecule has 0 radical (unpaired) electrons. The zero-order chi connectivity index (χ0) is 5.98. The van der Waals surface area contributed by atoms with Crippen LogP contribution in [-0.2, 0) is 7.05 Å². The summed E-state index contributed by atoms with van der Waals surface area (Å²) in [6.45, 7) is 0. The third-order valence-electron chi connectivity index (χ3n) is 1.09. The molecule has 1 heterocycles. The topological polar surface area (TPSA) is 43.0 Å². The Morgan fingerprint density at radius 1 is 1.75 bits per heavy atom. The molecule has 3 heteroatoms. The van der Waals surface area contributed by atoms with Gasteiger partial charge in [0.2, 0.25) is 0 Å². The van der Waals surface area contributed by atoms with Crippen molar-refractivity contribution in [2.75, 3.05) is 5.43 Å². The van der Waals surface area contributed by atoms with Crippen molar-refractivity contribution in [2.24, 2.45) is 12.9 Å². The average molecular weight is 111 g/mol. The summed E-state index contributed by atoms with van der Waals surface area (Å²) >= 11 is 0. The van der Waals surface area contributed by atoms with Gasteiger partial charge in [-0.15, -0.1) is 0 Å². The third kappa shape index (κ3) is 0.675. The second-order valence-electron chi connectivity index (χ2n) is 1.65. The van der Waals surface area contributed by atoms with E-state index >= 15 is 0 Å². The molecule has 1 aromatic heterocycles. The molecule has 0 saturated heterocycles. The lowest BCUT2D eigenvalue weighted by atomic mass is 10.6. The minimum Gasteiger partial charge on any atom is -0.337 e.